The first-order valence-electron chi connectivity index (χ1n) is 12.0. The van der Waals surface area contributed by atoms with E-state index in [1.165, 1.54) is 6.08 Å². The maximum atomic E-state index is 11.7. The summed E-state index contributed by atoms with van der Waals surface area (Å²) >= 11 is 0. The Labute approximate surface area is 214 Å². The third-order valence-corrected chi connectivity index (χ3v) is 6.29. The molecule has 0 atom stereocenters. The van der Waals surface area contributed by atoms with Crippen molar-refractivity contribution < 1.29 is 9.59 Å². The topological polar surface area (TPSA) is 103 Å². The van der Waals surface area contributed by atoms with Gasteiger partial charge >= 0.3 is 0 Å². The molecular weight excluding hydrogens is 466 g/mol. The van der Waals surface area contributed by atoms with Crippen LogP contribution < -0.4 is 15.5 Å². The van der Waals surface area contributed by atoms with E-state index in [4.69, 9.17) is 4.98 Å². The predicted molar refractivity (Wildman–Crippen MR) is 146 cm³/mol. The number of nitrogens with zero attached hydrogens (tertiary/aromatic N) is 5. The number of piperazine rings is 1. The Hall–Kier alpha value is -4.79. The first-order valence-corrected chi connectivity index (χ1v) is 12.0. The lowest BCUT2D eigenvalue weighted by Crippen LogP contribution is -2.48. The molecule has 2 N–H and O–H groups in total. The van der Waals surface area contributed by atoms with Gasteiger partial charge in [-0.2, -0.15) is 0 Å². The number of nitrogens with one attached hydrogen (secondary N) is 2. The third-order valence-electron chi connectivity index (χ3n) is 6.29. The lowest BCUT2D eigenvalue weighted by atomic mass is 10.0. The molecule has 1 aliphatic heterocycles. The molecule has 9 heteroatoms. The molecule has 0 spiro atoms. The van der Waals surface area contributed by atoms with Gasteiger partial charge in [0.1, 0.15) is 5.82 Å². The Kier molecular flexibility index (Phi) is 6.76. The Morgan fingerprint density at radius 3 is 2.49 bits per heavy atom. The zero-order chi connectivity index (χ0) is 25.8. The SMILES string of the molecule is C=CC(=O)Nc1cccc(-c2cccc3cnc(Nc4ccc(N5CCN(C(C)=O)CC5)nc4)nc23)c1. The van der Waals surface area contributed by atoms with Crippen molar-refractivity contribution in [3.63, 3.8) is 0 Å². The van der Waals surface area contributed by atoms with Gasteiger partial charge in [0.25, 0.3) is 0 Å². The molecule has 3 heterocycles. The van der Waals surface area contributed by atoms with Crippen LogP contribution in [0.1, 0.15) is 6.92 Å². The van der Waals surface area contributed by atoms with E-state index in [1.54, 1.807) is 19.3 Å². The summed E-state index contributed by atoms with van der Waals surface area (Å²) in [5.41, 5.74) is 4.10. The minimum absolute atomic E-state index is 0.109. The number of benzene rings is 2. The number of pyridine rings is 1. The maximum absolute atomic E-state index is 11.7. The number of carbonyl (C=O) groups excluding carboxylic acids is 2. The Balaban J connectivity index is 1.35. The smallest absolute Gasteiger partial charge is 0.247 e. The number of hydrogen-bond donors (Lipinski definition) is 2. The molecular formula is C28H27N7O2. The number of anilines is 4. The molecule has 186 valence electrons. The second kappa shape index (κ2) is 10.4. The first kappa shape index (κ1) is 23.9. The zero-order valence-electron chi connectivity index (χ0n) is 20.5. The summed E-state index contributed by atoms with van der Waals surface area (Å²) in [5.74, 6) is 1.18. The van der Waals surface area contributed by atoms with Crippen molar-refractivity contribution in [1.29, 1.82) is 0 Å². The van der Waals surface area contributed by atoms with E-state index in [0.29, 0.717) is 24.7 Å². The van der Waals surface area contributed by atoms with Crippen molar-refractivity contribution in [3.05, 3.63) is 79.6 Å². The average molecular weight is 494 g/mol. The predicted octanol–water partition coefficient (Wildman–Crippen LogP) is 4.23. The molecule has 0 radical (unpaired) electrons. The van der Waals surface area contributed by atoms with Crippen LogP contribution in [-0.4, -0.2) is 57.8 Å². The van der Waals surface area contributed by atoms with Crippen LogP contribution in [0.5, 0.6) is 0 Å². The maximum Gasteiger partial charge on any atom is 0.247 e. The second-order valence-corrected chi connectivity index (χ2v) is 8.73. The van der Waals surface area contributed by atoms with Gasteiger partial charge in [0.05, 0.1) is 17.4 Å². The van der Waals surface area contributed by atoms with E-state index < -0.39 is 0 Å². The largest absolute Gasteiger partial charge is 0.353 e. The minimum Gasteiger partial charge on any atom is -0.353 e. The highest BCUT2D eigenvalue weighted by atomic mass is 16.2. The summed E-state index contributed by atoms with van der Waals surface area (Å²) in [6, 6.07) is 17.4. The minimum atomic E-state index is -0.262. The number of aromatic nitrogens is 3. The molecule has 0 bridgehead atoms. The van der Waals surface area contributed by atoms with Crippen molar-refractivity contribution in [2.45, 2.75) is 6.92 Å². The van der Waals surface area contributed by atoms with Gasteiger partial charge in [0.2, 0.25) is 17.8 Å². The van der Waals surface area contributed by atoms with Crippen molar-refractivity contribution in [2.75, 3.05) is 41.7 Å². The average Bonchev–Trinajstić information content (AvgIpc) is 2.93. The van der Waals surface area contributed by atoms with E-state index in [9.17, 15) is 9.59 Å². The summed E-state index contributed by atoms with van der Waals surface area (Å²) < 4.78 is 0. The highest BCUT2D eigenvalue weighted by molar-refractivity contribution is 6.00. The molecule has 4 aromatic rings. The van der Waals surface area contributed by atoms with Gasteiger partial charge in [-0.3, -0.25) is 9.59 Å². The number of para-hydroxylation sites is 1. The quantitative estimate of drug-likeness (QED) is 0.388. The Morgan fingerprint density at radius 1 is 0.946 bits per heavy atom. The normalized spacial score (nSPS) is 13.3. The fraction of sp³-hybridized carbons (Fsp3) is 0.179. The van der Waals surface area contributed by atoms with Crippen LogP contribution in [0.25, 0.3) is 22.0 Å². The molecule has 2 aromatic heterocycles. The monoisotopic (exact) mass is 493 g/mol. The van der Waals surface area contributed by atoms with Crippen LogP contribution >= 0.6 is 0 Å². The van der Waals surface area contributed by atoms with Crippen LogP contribution in [-0.2, 0) is 9.59 Å². The van der Waals surface area contributed by atoms with E-state index >= 15 is 0 Å². The van der Waals surface area contributed by atoms with E-state index in [-0.39, 0.29) is 11.8 Å². The summed E-state index contributed by atoms with van der Waals surface area (Å²) in [6.07, 6.45) is 4.79. The molecule has 1 aliphatic rings. The van der Waals surface area contributed by atoms with Crippen LogP contribution in [0.3, 0.4) is 0 Å². The van der Waals surface area contributed by atoms with Crippen LogP contribution in [0.2, 0.25) is 0 Å². The third kappa shape index (κ3) is 5.40. The summed E-state index contributed by atoms with van der Waals surface area (Å²) in [7, 11) is 0. The first-order chi connectivity index (χ1) is 18.0. The molecule has 1 fully saturated rings. The molecule has 37 heavy (non-hydrogen) atoms. The fourth-order valence-corrected chi connectivity index (χ4v) is 4.33. The van der Waals surface area contributed by atoms with Crippen LogP contribution in [0.4, 0.5) is 23.1 Å². The van der Waals surface area contributed by atoms with E-state index in [2.05, 4.69) is 32.1 Å². The van der Waals surface area contributed by atoms with Crippen molar-refractivity contribution in [3.8, 4) is 11.1 Å². The molecule has 0 saturated carbocycles. The van der Waals surface area contributed by atoms with E-state index in [1.807, 2.05) is 59.5 Å². The number of hydrogen-bond acceptors (Lipinski definition) is 7. The number of fused-ring (bicyclic) bond motifs is 1. The van der Waals surface area contributed by atoms with E-state index in [0.717, 1.165) is 46.6 Å². The van der Waals surface area contributed by atoms with Gasteiger partial charge in [0.15, 0.2) is 0 Å². The highest BCUT2D eigenvalue weighted by Crippen LogP contribution is 2.30. The molecule has 0 unspecified atom stereocenters. The summed E-state index contributed by atoms with van der Waals surface area (Å²) in [4.78, 5) is 41.2. The molecule has 5 rings (SSSR count). The lowest BCUT2D eigenvalue weighted by Gasteiger charge is -2.34. The van der Waals surface area contributed by atoms with Gasteiger partial charge in [-0.1, -0.05) is 36.9 Å². The highest BCUT2D eigenvalue weighted by Gasteiger charge is 2.19. The van der Waals surface area contributed by atoms with Crippen molar-refractivity contribution in [1.82, 2.24) is 19.9 Å². The molecule has 9 nitrogen and oxygen atoms in total. The molecule has 2 amide bonds. The molecule has 0 aliphatic carbocycles. The summed E-state index contributed by atoms with van der Waals surface area (Å²) in [6.45, 7) is 8.03. The van der Waals surface area contributed by atoms with Gasteiger partial charge in [-0.25, -0.2) is 15.0 Å². The molecule has 2 aromatic carbocycles. The number of carbonyl (C=O) groups is 2. The summed E-state index contributed by atoms with van der Waals surface area (Å²) in [5, 5.41) is 6.95. The van der Waals surface area contributed by atoms with Crippen LogP contribution in [0.15, 0.2) is 79.6 Å². The van der Waals surface area contributed by atoms with Gasteiger partial charge in [-0.15, -0.1) is 0 Å². The van der Waals surface area contributed by atoms with Gasteiger partial charge in [-0.05, 0) is 35.9 Å². The zero-order valence-corrected chi connectivity index (χ0v) is 20.5. The lowest BCUT2D eigenvalue weighted by molar-refractivity contribution is -0.129. The molecule has 1 saturated heterocycles. The number of amides is 2. The Bertz CT molecular complexity index is 1460. The standard InChI is InChI=1S/C28H27N7O2/c1-3-26(37)31-22-8-4-6-20(16-22)24-9-5-7-21-17-30-28(33-27(21)24)32-23-10-11-25(29-18-23)35-14-12-34(13-15-35)19(2)36/h3-11,16-18H,1,12-15H2,2H3,(H,31,37)(H,30,32,33). The van der Waals surface area contributed by atoms with Crippen LogP contribution in [0, 0.1) is 0 Å². The van der Waals surface area contributed by atoms with Gasteiger partial charge < -0.3 is 20.4 Å². The second-order valence-electron chi connectivity index (χ2n) is 8.73. The van der Waals surface area contributed by atoms with Gasteiger partial charge in [0, 0.05) is 55.9 Å². The fourth-order valence-electron chi connectivity index (χ4n) is 4.33. The van der Waals surface area contributed by atoms with Crippen molar-refractivity contribution >= 4 is 45.9 Å². The van der Waals surface area contributed by atoms with Crippen molar-refractivity contribution in [2.24, 2.45) is 0 Å². The Morgan fingerprint density at radius 2 is 1.76 bits per heavy atom. The number of rotatable bonds is 6.